The Morgan fingerprint density at radius 2 is 1.59 bits per heavy atom. The second-order valence-corrected chi connectivity index (χ2v) is 8.06. The molecule has 3 aromatic heterocycles. The fourth-order valence-corrected chi connectivity index (χ4v) is 3.41. The molecule has 6 nitrogen and oxygen atoms in total. The molecule has 0 unspecified atom stereocenters. The first-order valence-electron chi connectivity index (χ1n) is 9.36. The average Bonchev–Trinajstić information content (AvgIpc) is 3.32. The molecule has 29 heavy (non-hydrogen) atoms. The van der Waals surface area contributed by atoms with Gasteiger partial charge in [0, 0.05) is 5.56 Å². The van der Waals surface area contributed by atoms with Crippen molar-refractivity contribution in [2.45, 2.75) is 26.2 Å². The summed E-state index contributed by atoms with van der Waals surface area (Å²) in [6, 6.07) is 14.5. The fraction of sp³-hybridized carbons (Fsp3) is 0.182. The van der Waals surface area contributed by atoms with E-state index in [1.807, 2.05) is 4.40 Å². The Kier molecular flexibility index (Phi) is 3.74. The zero-order valence-corrected chi connectivity index (χ0v) is 16.3. The molecular weight excluding hydrogens is 367 g/mol. The quantitative estimate of drug-likeness (QED) is 0.446. The van der Waals surface area contributed by atoms with Crippen molar-refractivity contribution in [2.24, 2.45) is 0 Å². The van der Waals surface area contributed by atoms with Crippen molar-refractivity contribution in [3.05, 3.63) is 72.4 Å². The summed E-state index contributed by atoms with van der Waals surface area (Å²) in [6.45, 7) is 6.57. The van der Waals surface area contributed by atoms with Gasteiger partial charge in [-0.25, -0.2) is 14.1 Å². The van der Waals surface area contributed by atoms with Crippen LogP contribution in [0.4, 0.5) is 4.39 Å². The third-order valence-electron chi connectivity index (χ3n) is 5.06. The molecule has 0 N–H and O–H groups in total. The van der Waals surface area contributed by atoms with Gasteiger partial charge in [-0.3, -0.25) is 4.40 Å². The Morgan fingerprint density at radius 3 is 2.28 bits per heavy atom. The minimum Gasteiger partial charge on any atom is -0.265 e. The molecule has 0 saturated carbocycles. The summed E-state index contributed by atoms with van der Waals surface area (Å²) in [5.41, 5.74) is 4.38. The van der Waals surface area contributed by atoms with Gasteiger partial charge in [-0.1, -0.05) is 45.0 Å². The van der Waals surface area contributed by atoms with E-state index in [0.717, 1.165) is 22.5 Å². The maximum Gasteiger partial charge on any atom is 0.175 e. The van der Waals surface area contributed by atoms with Crippen molar-refractivity contribution >= 4 is 16.7 Å². The molecule has 2 aromatic carbocycles. The van der Waals surface area contributed by atoms with E-state index < -0.39 is 0 Å². The molecule has 0 amide bonds. The largest absolute Gasteiger partial charge is 0.265 e. The third-order valence-corrected chi connectivity index (χ3v) is 5.06. The molecule has 0 saturated heterocycles. The molecule has 5 rings (SSSR count). The molecule has 5 aromatic rings. The number of halogens is 1. The van der Waals surface area contributed by atoms with Crippen LogP contribution in [0.25, 0.3) is 33.8 Å². The Labute approximate surface area is 166 Å². The molecule has 0 aliphatic rings. The zero-order valence-electron chi connectivity index (χ0n) is 16.3. The molecule has 0 bridgehead atoms. The molecule has 0 radical (unpaired) electrons. The Morgan fingerprint density at radius 1 is 0.862 bits per heavy atom. The highest BCUT2D eigenvalue weighted by molar-refractivity contribution is 5.90. The van der Waals surface area contributed by atoms with E-state index in [9.17, 15) is 4.39 Å². The van der Waals surface area contributed by atoms with Crippen molar-refractivity contribution in [2.75, 3.05) is 0 Å². The number of benzene rings is 2. The standard InChI is InChI=1S/C22H19FN6/c1-22(2,3)15-6-4-14(5-7-15)19-26-27-21-18-12-25-29(20(18)24-13-28(19)21)17-10-8-16(23)9-11-17/h4-13H,1-3H3. The summed E-state index contributed by atoms with van der Waals surface area (Å²) in [6.07, 6.45) is 3.41. The number of aromatic nitrogens is 6. The lowest BCUT2D eigenvalue weighted by Crippen LogP contribution is -2.10. The molecule has 144 valence electrons. The average molecular weight is 386 g/mol. The maximum atomic E-state index is 13.2. The summed E-state index contributed by atoms with van der Waals surface area (Å²) < 4.78 is 16.8. The second-order valence-electron chi connectivity index (χ2n) is 8.06. The molecule has 0 fully saturated rings. The molecule has 0 spiro atoms. The van der Waals surface area contributed by atoms with Crippen LogP contribution in [0, 0.1) is 5.82 Å². The van der Waals surface area contributed by atoms with Crippen LogP contribution in [0.15, 0.2) is 61.1 Å². The first-order chi connectivity index (χ1) is 13.9. The predicted molar refractivity (Wildman–Crippen MR) is 110 cm³/mol. The van der Waals surface area contributed by atoms with Gasteiger partial charge in [0.05, 0.1) is 17.3 Å². The van der Waals surface area contributed by atoms with Crippen LogP contribution in [-0.2, 0) is 5.41 Å². The van der Waals surface area contributed by atoms with Crippen LogP contribution < -0.4 is 0 Å². The molecule has 7 heteroatoms. The van der Waals surface area contributed by atoms with E-state index in [1.54, 1.807) is 29.3 Å². The van der Waals surface area contributed by atoms with Crippen molar-refractivity contribution < 1.29 is 4.39 Å². The highest BCUT2D eigenvalue weighted by Crippen LogP contribution is 2.27. The van der Waals surface area contributed by atoms with Crippen molar-refractivity contribution in [3.8, 4) is 17.1 Å². The van der Waals surface area contributed by atoms with Gasteiger partial charge in [-0.15, -0.1) is 10.2 Å². The lowest BCUT2D eigenvalue weighted by molar-refractivity contribution is 0.590. The van der Waals surface area contributed by atoms with Gasteiger partial charge in [0.2, 0.25) is 0 Å². The van der Waals surface area contributed by atoms with Gasteiger partial charge in [-0.2, -0.15) is 5.10 Å². The van der Waals surface area contributed by atoms with Crippen molar-refractivity contribution in [1.82, 2.24) is 29.4 Å². The van der Waals surface area contributed by atoms with Crippen LogP contribution >= 0.6 is 0 Å². The SMILES string of the molecule is CC(C)(C)c1ccc(-c2nnc3c4cnn(-c5ccc(F)cc5)c4ncn23)cc1. The lowest BCUT2D eigenvalue weighted by atomic mass is 9.87. The second kappa shape index (κ2) is 6.20. The minimum absolute atomic E-state index is 0.0914. The van der Waals surface area contributed by atoms with Crippen LogP contribution in [-0.4, -0.2) is 29.4 Å². The van der Waals surface area contributed by atoms with E-state index in [0.29, 0.717) is 11.3 Å². The summed E-state index contributed by atoms with van der Waals surface area (Å²) in [4.78, 5) is 4.57. The normalized spacial score (nSPS) is 12.1. The van der Waals surface area contributed by atoms with Gasteiger partial charge >= 0.3 is 0 Å². The van der Waals surface area contributed by atoms with Gasteiger partial charge in [0.1, 0.15) is 12.1 Å². The molecular formula is C22H19FN6. The Hall–Kier alpha value is -3.61. The van der Waals surface area contributed by atoms with Gasteiger partial charge < -0.3 is 0 Å². The van der Waals surface area contributed by atoms with E-state index in [4.69, 9.17) is 0 Å². The monoisotopic (exact) mass is 386 g/mol. The van der Waals surface area contributed by atoms with Crippen molar-refractivity contribution in [3.63, 3.8) is 0 Å². The predicted octanol–water partition coefficient (Wildman–Crippen LogP) is 4.57. The van der Waals surface area contributed by atoms with Crippen LogP contribution in [0.3, 0.4) is 0 Å². The van der Waals surface area contributed by atoms with Gasteiger partial charge in [0.15, 0.2) is 17.1 Å². The zero-order chi connectivity index (χ0) is 20.2. The Balaban J connectivity index is 1.62. The molecule has 3 heterocycles. The maximum absolute atomic E-state index is 13.2. The smallest absolute Gasteiger partial charge is 0.175 e. The lowest BCUT2D eigenvalue weighted by Gasteiger charge is -2.18. The topological polar surface area (TPSA) is 60.9 Å². The number of hydrogen-bond donors (Lipinski definition) is 0. The number of fused-ring (bicyclic) bond motifs is 3. The van der Waals surface area contributed by atoms with Crippen LogP contribution in [0.1, 0.15) is 26.3 Å². The molecule has 0 aliphatic carbocycles. The first-order valence-corrected chi connectivity index (χ1v) is 9.36. The van der Waals surface area contributed by atoms with E-state index in [1.165, 1.54) is 17.7 Å². The number of rotatable bonds is 2. The summed E-state index contributed by atoms with van der Waals surface area (Å²) in [5.74, 6) is 0.435. The third kappa shape index (κ3) is 2.86. The van der Waals surface area contributed by atoms with Gasteiger partial charge in [-0.05, 0) is 35.2 Å². The van der Waals surface area contributed by atoms with Gasteiger partial charge in [0.25, 0.3) is 0 Å². The van der Waals surface area contributed by atoms with E-state index in [-0.39, 0.29) is 11.2 Å². The van der Waals surface area contributed by atoms with E-state index in [2.05, 4.69) is 65.3 Å². The molecule has 0 aliphatic heterocycles. The molecule has 0 atom stereocenters. The minimum atomic E-state index is -0.292. The number of nitrogens with zero attached hydrogens (tertiary/aromatic N) is 6. The summed E-state index contributed by atoms with van der Waals surface area (Å²) in [7, 11) is 0. The first kappa shape index (κ1) is 17.5. The highest BCUT2D eigenvalue weighted by atomic mass is 19.1. The van der Waals surface area contributed by atoms with E-state index >= 15 is 0 Å². The Bertz CT molecular complexity index is 1320. The summed E-state index contributed by atoms with van der Waals surface area (Å²) >= 11 is 0. The number of hydrogen-bond acceptors (Lipinski definition) is 4. The highest BCUT2D eigenvalue weighted by Gasteiger charge is 2.17. The van der Waals surface area contributed by atoms with Crippen LogP contribution in [0.2, 0.25) is 0 Å². The van der Waals surface area contributed by atoms with Crippen LogP contribution in [0.5, 0.6) is 0 Å². The fourth-order valence-electron chi connectivity index (χ4n) is 3.41. The summed E-state index contributed by atoms with van der Waals surface area (Å²) in [5, 5.41) is 14.0. The van der Waals surface area contributed by atoms with Crippen molar-refractivity contribution in [1.29, 1.82) is 0 Å².